The summed E-state index contributed by atoms with van der Waals surface area (Å²) in [6.45, 7) is 5.95. The van der Waals surface area contributed by atoms with Crippen molar-refractivity contribution in [2.75, 3.05) is 13.2 Å². The monoisotopic (exact) mass is 290 g/mol. The number of hydrogen-bond acceptors (Lipinski definition) is 5. The first-order valence-electron chi connectivity index (χ1n) is 6.78. The van der Waals surface area contributed by atoms with E-state index in [0.29, 0.717) is 17.9 Å². The third-order valence-corrected chi connectivity index (χ3v) is 2.86. The van der Waals surface area contributed by atoms with Crippen LogP contribution in [-0.4, -0.2) is 19.2 Å². The maximum atomic E-state index is 11.5. The van der Waals surface area contributed by atoms with Crippen LogP contribution in [0.5, 0.6) is 5.75 Å². The van der Waals surface area contributed by atoms with Gasteiger partial charge in [0.15, 0.2) is 6.61 Å². The molecule has 1 aromatic heterocycles. The van der Waals surface area contributed by atoms with Gasteiger partial charge in [-0.1, -0.05) is 13.8 Å². The molecule has 0 saturated carbocycles. The molecule has 0 N–H and O–H groups in total. The van der Waals surface area contributed by atoms with Crippen LogP contribution in [0, 0.1) is 12.8 Å². The molecule has 0 atom stereocenters. The van der Waals surface area contributed by atoms with Crippen molar-refractivity contribution < 1.29 is 18.7 Å². The molecular formula is C16H18O5. The van der Waals surface area contributed by atoms with Gasteiger partial charge in [-0.15, -0.1) is 0 Å². The van der Waals surface area contributed by atoms with Gasteiger partial charge in [0.2, 0.25) is 0 Å². The second kappa shape index (κ2) is 6.43. The van der Waals surface area contributed by atoms with E-state index in [-0.39, 0.29) is 12.5 Å². The lowest BCUT2D eigenvalue weighted by Gasteiger charge is -2.09. The Kier molecular flexibility index (Phi) is 4.62. The first kappa shape index (κ1) is 15.1. The van der Waals surface area contributed by atoms with Gasteiger partial charge in [-0.25, -0.2) is 9.59 Å². The molecule has 0 radical (unpaired) electrons. The average molecular weight is 290 g/mol. The van der Waals surface area contributed by atoms with Gasteiger partial charge in [-0.3, -0.25) is 0 Å². The molecule has 2 aromatic rings. The first-order chi connectivity index (χ1) is 9.95. The molecule has 0 aliphatic carbocycles. The van der Waals surface area contributed by atoms with Gasteiger partial charge in [-0.05, 0) is 30.5 Å². The molecule has 0 aliphatic heterocycles. The predicted octanol–water partition coefficient (Wildman–Crippen LogP) is 2.68. The van der Waals surface area contributed by atoms with Gasteiger partial charge in [-0.2, -0.15) is 0 Å². The molecule has 5 heteroatoms. The van der Waals surface area contributed by atoms with E-state index in [9.17, 15) is 9.59 Å². The van der Waals surface area contributed by atoms with Crippen molar-refractivity contribution in [2.24, 2.45) is 5.92 Å². The zero-order valence-electron chi connectivity index (χ0n) is 12.3. The molecule has 5 nitrogen and oxygen atoms in total. The van der Waals surface area contributed by atoms with Crippen LogP contribution in [-0.2, 0) is 9.53 Å². The minimum atomic E-state index is -0.422. The number of carbonyl (C=O) groups excluding carboxylic acids is 1. The van der Waals surface area contributed by atoms with Crippen LogP contribution < -0.4 is 10.4 Å². The molecule has 0 aliphatic rings. The SMILES string of the molecule is Cc1cc(=O)oc2cc(OCC(=O)OCC(C)C)ccc12. The third kappa shape index (κ3) is 4.08. The fraction of sp³-hybridized carbons (Fsp3) is 0.375. The molecule has 112 valence electrons. The van der Waals surface area contributed by atoms with Gasteiger partial charge < -0.3 is 13.9 Å². The predicted molar refractivity (Wildman–Crippen MR) is 78.5 cm³/mol. The summed E-state index contributed by atoms with van der Waals surface area (Å²) in [5.41, 5.74) is 0.866. The van der Waals surface area contributed by atoms with E-state index in [1.807, 2.05) is 20.8 Å². The smallest absolute Gasteiger partial charge is 0.344 e. The van der Waals surface area contributed by atoms with Crippen molar-refractivity contribution in [2.45, 2.75) is 20.8 Å². The fourth-order valence-electron chi connectivity index (χ4n) is 1.84. The summed E-state index contributed by atoms with van der Waals surface area (Å²) >= 11 is 0. The average Bonchev–Trinajstić information content (AvgIpc) is 2.42. The lowest BCUT2D eigenvalue weighted by Crippen LogP contribution is -2.17. The Morgan fingerprint density at radius 3 is 2.76 bits per heavy atom. The van der Waals surface area contributed by atoms with Crippen LogP contribution in [0.15, 0.2) is 33.5 Å². The fourth-order valence-corrected chi connectivity index (χ4v) is 1.84. The molecule has 2 rings (SSSR count). The molecule has 1 heterocycles. The van der Waals surface area contributed by atoms with Crippen molar-refractivity contribution in [3.63, 3.8) is 0 Å². The second-order valence-electron chi connectivity index (χ2n) is 5.27. The summed E-state index contributed by atoms with van der Waals surface area (Å²) in [5.74, 6) is 0.319. The molecular weight excluding hydrogens is 272 g/mol. The number of benzene rings is 1. The van der Waals surface area contributed by atoms with E-state index >= 15 is 0 Å². The Labute approximate surface area is 122 Å². The van der Waals surface area contributed by atoms with Crippen LogP contribution in [0.4, 0.5) is 0 Å². The number of ether oxygens (including phenoxy) is 2. The molecule has 0 fully saturated rings. The Morgan fingerprint density at radius 2 is 2.05 bits per heavy atom. The minimum Gasteiger partial charge on any atom is -0.482 e. The van der Waals surface area contributed by atoms with Crippen molar-refractivity contribution in [1.29, 1.82) is 0 Å². The molecule has 21 heavy (non-hydrogen) atoms. The molecule has 0 amide bonds. The zero-order chi connectivity index (χ0) is 15.4. The quantitative estimate of drug-likeness (QED) is 0.625. The Hall–Kier alpha value is -2.30. The van der Waals surface area contributed by atoms with Crippen LogP contribution in [0.25, 0.3) is 11.0 Å². The molecule has 0 spiro atoms. The van der Waals surface area contributed by atoms with Crippen LogP contribution in [0.1, 0.15) is 19.4 Å². The summed E-state index contributed by atoms with van der Waals surface area (Å²) in [6, 6.07) is 6.55. The summed E-state index contributed by atoms with van der Waals surface area (Å²) in [7, 11) is 0. The highest BCUT2D eigenvalue weighted by molar-refractivity contribution is 5.81. The molecule has 0 unspecified atom stereocenters. The highest BCUT2D eigenvalue weighted by atomic mass is 16.6. The highest BCUT2D eigenvalue weighted by Crippen LogP contribution is 2.22. The maximum absolute atomic E-state index is 11.5. The van der Waals surface area contributed by atoms with E-state index in [0.717, 1.165) is 10.9 Å². The van der Waals surface area contributed by atoms with E-state index in [1.165, 1.54) is 6.07 Å². The summed E-state index contributed by atoms with van der Waals surface area (Å²) in [5, 5.41) is 0.837. The number of hydrogen-bond donors (Lipinski definition) is 0. The van der Waals surface area contributed by atoms with Crippen LogP contribution in [0.2, 0.25) is 0 Å². The van der Waals surface area contributed by atoms with E-state index in [2.05, 4.69) is 0 Å². The summed E-state index contributed by atoms with van der Waals surface area (Å²) < 4.78 is 15.5. The number of fused-ring (bicyclic) bond motifs is 1. The number of aryl methyl sites for hydroxylation is 1. The lowest BCUT2D eigenvalue weighted by molar-refractivity contribution is -0.147. The van der Waals surface area contributed by atoms with Crippen molar-refractivity contribution >= 4 is 16.9 Å². The first-order valence-corrected chi connectivity index (χ1v) is 6.78. The van der Waals surface area contributed by atoms with Gasteiger partial charge in [0.25, 0.3) is 0 Å². The Morgan fingerprint density at radius 1 is 1.29 bits per heavy atom. The summed E-state index contributed by atoms with van der Waals surface area (Å²) in [6.07, 6.45) is 0. The van der Waals surface area contributed by atoms with Gasteiger partial charge in [0.05, 0.1) is 6.61 Å². The summed E-state index contributed by atoms with van der Waals surface area (Å²) in [4.78, 5) is 22.8. The van der Waals surface area contributed by atoms with Crippen LogP contribution in [0.3, 0.4) is 0 Å². The lowest BCUT2D eigenvalue weighted by atomic mass is 10.1. The van der Waals surface area contributed by atoms with E-state index in [4.69, 9.17) is 13.9 Å². The third-order valence-electron chi connectivity index (χ3n) is 2.86. The normalized spacial score (nSPS) is 10.9. The van der Waals surface area contributed by atoms with Gasteiger partial charge in [0, 0.05) is 17.5 Å². The van der Waals surface area contributed by atoms with Crippen molar-refractivity contribution in [1.82, 2.24) is 0 Å². The standard InChI is InChI=1S/C16H18O5/c1-10(2)8-20-16(18)9-19-12-4-5-13-11(3)6-15(17)21-14(13)7-12/h4-7,10H,8-9H2,1-3H3. The van der Waals surface area contributed by atoms with Gasteiger partial charge >= 0.3 is 11.6 Å². The topological polar surface area (TPSA) is 65.7 Å². The zero-order valence-corrected chi connectivity index (χ0v) is 12.3. The van der Waals surface area contributed by atoms with E-state index < -0.39 is 11.6 Å². The Balaban J connectivity index is 2.06. The highest BCUT2D eigenvalue weighted by Gasteiger charge is 2.08. The number of carbonyl (C=O) groups is 1. The van der Waals surface area contributed by atoms with Crippen LogP contribution >= 0.6 is 0 Å². The Bertz CT molecular complexity index is 699. The largest absolute Gasteiger partial charge is 0.482 e. The van der Waals surface area contributed by atoms with Crippen molar-refractivity contribution in [3.05, 3.63) is 40.2 Å². The molecule has 0 saturated heterocycles. The maximum Gasteiger partial charge on any atom is 0.344 e. The molecule has 0 bridgehead atoms. The number of rotatable bonds is 5. The minimum absolute atomic E-state index is 0.172. The van der Waals surface area contributed by atoms with Crippen molar-refractivity contribution in [3.8, 4) is 5.75 Å². The number of esters is 1. The van der Waals surface area contributed by atoms with Gasteiger partial charge in [0.1, 0.15) is 11.3 Å². The molecule has 1 aromatic carbocycles. The van der Waals surface area contributed by atoms with E-state index in [1.54, 1.807) is 18.2 Å². The second-order valence-corrected chi connectivity index (χ2v) is 5.27.